The van der Waals surface area contributed by atoms with Gasteiger partial charge in [0.2, 0.25) is 5.82 Å². The van der Waals surface area contributed by atoms with Crippen molar-refractivity contribution >= 4 is 44.5 Å². The van der Waals surface area contributed by atoms with Crippen LogP contribution in [0.25, 0.3) is 21.6 Å². The summed E-state index contributed by atoms with van der Waals surface area (Å²) in [6.45, 7) is 4.58. The summed E-state index contributed by atoms with van der Waals surface area (Å²) >= 11 is 1.25. The molecule has 1 aliphatic rings. The first-order chi connectivity index (χ1) is 17.0. The fourth-order valence-electron chi connectivity index (χ4n) is 4.34. The van der Waals surface area contributed by atoms with Crippen LogP contribution in [0.15, 0.2) is 36.5 Å². The maximum atomic E-state index is 11.8. The molecule has 0 radical (unpaired) electrons. The zero-order valence-electron chi connectivity index (χ0n) is 19.4. The van der Waals surface area contributed by atoms with E-state index >= 15 is 0 Å². The van der Waals surface area contributed by atoms with E-state index in [1.807, 2.05) is 18.2 Å². The molecule has 5 rings (SSSR count). The number of anilines is 3. The summed E-state index contributed by atoms with van der Waals surface area (Å²) in [5.41, 5.74) is 15.3. The number of tetrazole rings is 1. The highest BCUT2D eigenvalue weighted by Gasteiger charge is 2.22. The largest absolute Gasteiger partial charge is 0.397 e. The van der Waals surface area contributed by atoms with Gasteiger partial charge in [-0.3, -0.25) is 4.79 Å². The highest BCUT2D eigenvalue weighted by molar-refractivity contribution is 7.21. The van der Waals surface area contributed by atoms with Gasteiger partial charge in [0.25, 0.3) is 5.91 Å². The molecule has 1 aliphatic heterocycles. The minimum atomic E-state index is -0.519. The van der Waals surface area contributed by atoms with Gasteiger partial charge in [-0.2, -0.15) is 4.80 Å². The second-order valence-corrected chi connectivity index (χ2v) is 9.29. The fraction of sp³-hybridized carbons (Fsp3) is 0.348. The Labute approximate surface area is 206 Å². The number of carbonyl (C=O) groups excluding carboxylic acids is 1. The third kappa shape index (κ3) is 4.62. The van der Waals surface area contributed by atoms with Crippen molar-refractivity contribution in [1.82, 2.24) is 25.2 Å². The molecule has 0 unspecified atom stereocenters. The van der Waals surface area contributed by atoms with Gasteiger partial charge >= 0.3 is 0 Å². The summed E-state index contributed by atoms with van der Waals surface area (Å²) in [6, 6.07) is 10.2. The predicted molar refractivity (Wildman–Crippen MR) is 137 cm³/mol. The molecule has 0 atom stereocenters. The summed E-state index contributed by atoms with van der Waals surface area (Å²) in [5, 5.41) is 13.4. The highest BCUT2D eigenvalue weighted by atomic mass is 32.1. The first kappa shape index (κ1) is 23.0. The lowest BCUT2D eigenvalue weighted by atomic mass is 10.2. The molecule has 35 heavy (non-hydrogen) atoms. The number of pyridine rings is 1. The molecule has 182 valence electrons. The molecule has 11 nitrogen and oxygen atoms in total. The Balaban J connectivity index is 1.31. The van der Waals surface area contributed by atoms with Crippen LogP contribution in [-0.2, 0) is 11.3 Å². The van der Waals surface area contributed by atoms with E-state index in [1.54, 1.807) is 18.1 Å². The summed E-state index contributed by atoms with van der Waals surface area (Å²) in [7, 11) is 1.65. The number of nitrogen functional groups attached to an aromatic ring is 1. The van der Waals surface area contributed by atoms with Crippen LogP contribution < -0.4 is 21.3 Å². The fourth-order valence-corrected chi connectivity index (χ4v) is 5.28. The lowest BCUT2D eigenvalue weighted by molar-refractivity contribution is 0.100. The maximum absolute atomic E-state index is 11.8. The van der Waals surface area contributed by atoms with Crippen LogP contribution in [0.5, 0.6) is 0 Å². The average Bonchev–Trinajstić information content (AvgIpc) is 3.39. The van der Waals surface area contributed by atoms with Crippen LogP contribution in [0, 0.1) is 0 Å². The van der Waals surface area contributed by atoms with Gasteiger partial charge in [-0.25, -0.2) is 4.98 Å². The highest BCUT2D eigenvalue weighted by Crippen LogP contribution is 2.38. The van der Waals surface area contributed by atoms with E-state index in [1.165, 1.54) is 11.3 Å². The molecule has 4 aromatic rings. The summed E-state index contributed by atoms with van der Waals surface area (Å²) in [5.74, 6) is 0.0785. The van der Waals surface area contributed by atoms with Crippen LogP contribution in [0.2, 0.25) is 0 Å². The van der Waals surface area contributed by atoms with Crippen molar-refractivity contribution in [3.8, 4) is 11.4 Å². The van der Waals surface area contributed by atoms with Crippen molar-refractivity contribution in [3.63, 3.8) is 0 Å². The van der Waals surface area contributed by atoms with Crippen molar-refractivity contribution in [1.29, 1.82) is 0 Å². The van der Waals surface area contributed by atoms with Gasteiger partial charge < -0.3 is 26.0 Å². The number of rotatable bonds is 7. The van der Waals surface area contributed by atoms with E-state index in [2.05, 4.69) is 42.3 Å². The van der Waals surface area contributed by atoms with Crippen molar-refractivity contribution in [2.24, 2.45) is 5.73 Å². The molecule has 0 saturated carbocycles. The Morgan fingerprint density at radius 2 is 1.89 bits per heavy atom. The molecular weight excluding hydrogens is 466 g/mol. The van der Waals surface area contributed by atoms with Gasteiger partial charge in [-0.05, 0) is 42.0 Å². The van der Waals surface area contributed by atoms with Crippen molar-refractivity contribution in [2.45, 2.75) is 13.0 Å². The first-order valence-electron chi connectivity index (χ1n) is 11.4. The number of carbonyl (C=O) groups is 1. The SMILES string of the molecule is COCCn1nnc(-c2ccc(N3CCCN(c4ccnc5sc(C(N)=O)c(N)c45)CC3)cc2)n1. The van der Waals surface area contributed by atoms with E-state index in [9.17, 15) is 4.79 Å². The van der Waals surface area contributed by atoms with Gasteiger partial charge in [0.15, 0.2) is 0 Å². The number of primary amides is 1. The number of nitrogens with two attached hydrogens (primary N) is 2. The number of aromatic nitrogens is 5. The Morgan fingerprint density at radius 1 is 1.11 bits per heavy atom. The van der Waals surface area contributed by atoms with Crippen molar-refractivity contribution in [3.05, 3.63) is 41.4 Å². The Hall–Kier alpha value is -3.77. The van der Waals surface area contributed by atoms with Crippen LogP contribution in [0.4, 0.5) is 17.1 Å². The molecule has 4 N–H and O–H groups in total. The quantitative estimate of drug-likeness (QED) is 0.395. The maximum Gasteiger partial charge on any atom is 0.260 e. The molecule has 1 aromatic carbocycles. The number of thiophene rings is 1. The molecule has 1 saturated heterocycles. The minimum absolute atomic E-state index is 0.365. The third-order valence-electron chi connectivity index (χ3n) is 6.11. The second kappa shape index (κ2) is 9.84. The normalized spacial score (nSPS) is 14.4. The molecule has 0 aliphatic carbocycles. The topological polar surface area (TPSA) is 141 Å². The lowest BCUT2D eigenvalue weighted by Crippen LogP contribution is -2.30. The Kier molecular flexibility index (Phi) is 6.47. The zero-order valence-corrected chi connectivity index (χ0v) is 20.2. The van der Waals surface area contributed by atoms with Crippen LogP contribution >= 0.6 is 11.3 Å². The Bertz CT molecular complexity index is 1330. The minimum Gasteiger partial charge on any atom is -0.397 e. The van der Waals surface area contributed by atoms with Gasteiger partial charge in [0.1, 0.15) is 9.71 Å². The van der Waals surface area contributed by atoms with Crippen LogP contribution in [-0.4, -0.2) is 71.0 Å². The summed E-state index contributed by atoms with van der Waals surface area (Å²) < 4.78 is 5.06. The molecule has 3 aromatic heterocycles. The van der Waals surface area contributed by atoms with Crippen molar-refractivity contribution in [2.75, 3.05) is 55.4 Å². The number of amides is 1. The molecular formula is C23H27N9O2S. The van der Waals surface area contributed by atoms with E-state index < -0.39 is 5.91 Å². The molecule has 0 bridgehead atoms. The van der Waals surface area contributed by atoms with Gasteiger partial charge in [0, 0.05) is 50.7 Å². The van der Waals surface area contributed by atoms with Crippen LogP contribution in [0.1, 0.15) is 16.1 Å². The molecule has 0 spiro atoms. The number of benzene rings is 1. The number of fused-ring (bicyclic) bond motifs is 1. The van der Waals surface area contributed by atoms with Crippen LogP contribution in [0.3, 0.4) is 0 Å². The van der Waals surface area contributed by atoms with E-state index in [4.69, 9.17) is 16.2 Å². The standard InChI is InChI=1S/C23H27N9O2S/c1-34-14-13-32-28-22(27-29-32)15-3-5-16(6-4-15)30-9-2-10-31(12-11-30)17-7-8-26-23-18(17)19(24)20(35-23)21(25)33/h3-8H,2,9-14,24H2,1H3,(H2,25,33). The Morgan fingerprint density at radius 3 is 2.66 bits per heavy atom. The van der Waals surface area contributed by atoms with Gasteiger partial charge in [0.05, 0.1) is 29.9 Å². The van der Waals surface area contributed by atoms with E-state index in [0.29, 0.717) is 29.5 Å². The van der Waals surface area contributed by atoms with E-state index in [-0.39, 0.29) is 0 Å². The number of hydrogen-bond acceptors (Lipinski definition) is 10. The molecule has 4 heterocycles. The van der Waals surface area contributed by atoms with Gasteiger partial charge in [-0.15, -0.1) is 21.5 Å². The number of ether oxygens (including phenoxy) is 1. The monoisotopic (exact) mass is 493 g/mol. The smallest absolute Gasteiger partial charge is 0.260 e. The summed E-state index contributed by atoms with van der Waals surface area (Å²) in [4.78, 5) is 23.5. The number of methoxy groups -OCH3 is 1. The van der Waals surface area contributed by atoms with Crippen molar-refractivity contribution < 1.29 is 9.53 Å². The average molecular weight is 494 g/mol. The van der Waals surface area contributed by atoms with E-state index in [0.717, 1.165) is 59.8 Å². The predicted octanol–water partition coefficient (Wildman–Crippen LogP) is 1.99. The summed E-state index contributed by atoms with van der Waals surface area (Å²) in [6.07, 6.45) is 2.74. The first-order valence-corrected chi connectivity index (χ1v) is 12.2. The zero-order chi connectivity index (χ0) is 24.4. The molecule has 1 fully saturated rings. The number of nitrogens with zero attached hydrogens (tertiary/aromatic N) is 7. The third-order valence-corrected chi connectivity index (χ3v) is 7.23. The van der Waals surface area contributed by atoms with Gasteiger partial charge in [-0.1, -0.05) is 0 Å². The number of hydrogen-bond donors (Lipinski definition) is 2. The molecule has 1 amide bonds. The molecule has 12 heteroatoms. The second-order valence-electron chi connectivity index (χ2n) is 8.30. The lowest BCUT2D eigenvalue weighted by Gasteiger charge is -2.25.